The first kappa shape index (κ1) is 17.2. The highest BCUT2D eigenvalue weighted by molar-refractivity contribution is 7.13. The van der Waals surface area contributed by atoms with Gasteiger partial charge in [-0.05, 0) is 37.6 Å². The number of anilines is 1. The van der Waals surface area contributed by atoms with Crippen LogP contribution in [0.5, 0.6) is 5.75 Å². The monoisotopic (exact) mass is 352 g/mol. The van der Waals surface area contributed by atoms with Crippen LogP contribution in [-0.4, -0.2) is 18.0 Å². The molecule has 0 bridgehead atoms. The molecule has 1 aromatic heterocycles. The van der Waals surface area contributed by atoms with E-state index in [9.17, 15) is 4.79 Å². The summed E-state index contributed by atoms with van der Waals surface area (Å²) in [5.41, 5.74) is 3.74. The summed E-state index contributed by atoms with van der Waals surface area (Å²) in [4.78, 5) is 17.5. The van der Waals surface area contributed by atoms with Gasteiger partial charge in [0.05, 0.1) is 17.8 Å². The number of nitrogens with one attached hydrogen (secondary N) is 1. The number of carbonyl (C=O) groups excluding carboxylic acids is 1. The van der Waals surface area contributed by atoms with E-state index in [0.29, 0.717) is 4.88 Å². The largest absolute Gasteiger partial charge is 0.496 e. The van der Waals surface area contributed by atoms with Crippen molar-refractivity contribution >= 4 is 22.9 Å². The highest BCUT2D eigenvalue weighted by Gasteiger charge is 2.15. The van der Waals surface area contributed by atoms with Gasteiger partial charge in [0.2, 0.25) is 0 Å². The predicted molar refractivity (Wildman–Crippen MR) is 102 cm³/mol. The molecule has 128 valence electrons. The molecule has 0 saturated heterocycles. The Morgan fingerprint density at radius 1 is 1.16 bits per heavy atom. The first-order chi connectivity index (χ1) is 12.1. The maximum atomic E-state index is 12.5. The van der Waals surface area contributed by atoms with Crippen LogP contribution >= 0.6 is 11.3 Å². The number of hydrogen-bond acceptors (Lipinski definition) is 4. The van der Waals surface area contributed by atoms with E-state index < -0.39 is 0 Å². The van der Waals surface area contributed by atoms with E-state index in [0.717, 1.165) is 34.1 Å². The Labute approximate surface area is 151 Å². The van der Waals surface area contributed by atoms with Crippen molar-refractivity contribution in [2.24, 2.45) is 0 Å². The molecule has 25 heavy (non-hydrogen) atoms. The molecule has 3 rings (SSSR count). The molecule has 0 aliphatic rings. The molecule has 0 aliphatic heterocycles. The van der Waals surface area contributed by atoms with E-state index in [1.807, 2.05) is 50.2 Å². The SMILES string of the molecule is COc1ccc(NC(=O)c2sc(C)nc2C)cc1Cc1ccccc1. The van der Waals surface area contributed by atoms with Crippen molar-refractivity contribution in [3.8, 4) is 5.75 Å². The Bertz CT molecular complexity index is 888. The van der Waals surface area contributed by atoms with E-state index in [2.05, 4.69) is 22.4 Å². The third-order valence-electron chi connectivity index (χ3n) is 3.89. The molecule has 3 aromatic rings. The second kappa shape index (κ2) is 7.49. The molecule has 0 spiro atoms. The number of thiazole rings is 1. The van der Waals surface area contributed by atoms with Gasteiger partial charge in [0.15, 0.2) is 0 Å². The molecule has 0 atom stereocenters. The van der Waals surface area contributed by atoms with Crippen LogP contribution in [0.2, 0.25) is 0 Å². The summed E-state index contributed by atoms with van der Waals surface area (Å²) in [6.45, 7) is 3.76. The normalized spacial score (nSPS) is 10.5. The lowest BCUT2D eigenvalue weighted by Crippen LogP contribution is -2.12. The molecule has 1 N–H and O–H groups in total. The minimum atomic E-state index is -0.126. The number of methoxy groups -OCH3 is 1. The summed E-state index contributed by atoms with van der Waals surface area (Å²) in [6.07, 6.45) is 0.742. The number of nitrogens with zero attached hydrogens (tertiary/aromatic N) is 1. The van der Waals surface area contributed by atoms with Crippen LogP contribution in [0, 0.1) is 13.8 Å². The summed E-state index contributed by atoms with van der Waals surface area (Å²) in [5.74, 6) is 0.686. The van der Waals surface area contributed by atoms with Crippen LogP contribution in [0.1, 0.15) is 31.5 Å². The van der Waals surface area contributed by atoms with Gasteiger partial charge in [-0.25, -0.2) is 4.98 Å². The van der Waals surface area contributed by atoms with Crippen molar-refractivity contribution in [2.75, 3.05) is 12.4 Å². The minimum absolute atomic E-state index is 0.126. The van der Waals surface area contributed by atoms with Gasteiger partial charge in [-0.15, -0.1) is 11.3 Å². The summed E-state index contributed by atoms with van der Waals surface area (Å²) < 4.78 is 5.46. The van der Waals surface area contributed by atoms with Crippen molar-refractivity contribution in [3.63, 3.8) is 0 Å². The third-order valence-corrected chi connectivity index (χ3v) is 4.96. The molecule has 5 heteroatoms. The van der Waals surface area contributed by atoms with E-state index in [1.165, 1.54) is 16.9 Å². The first-order valence-electron chi connectivity index (χ1n) is 8.03. The second-order valence-corrected chi connectivity index (χ2v) is 6.99. The molecule has 2 aromatic carbocycles. The lowest BCUT2D eigenvalue weighted by atomic mass is 10.0. The van der Waals surface area contributed by atoms with Gasteiger partial charge in [-0.3, -0.25) is 4.79 Å². The number of benzene rings is 2. The quantitative estimate of drug-likeness (QED) is 0.729. The average Bonchev–Trinajstić information content (AvgIpc) is 2.94. The maximum Gasteiger partial charge on any atom is 0.267 e. The van der Waals surface area contributed by atoms with Gasteiger partial charge in [0.25, 0.3) is 5.91 Å². The van der Waals surface area contributed by atoms with Crippen LogP contribution in [0.25, 0.3) is 0 Å². The highest BCUT2D eigenvalue weighted by Crippen LogP contribution is 2.26. The Morgan fingerprint density at radius 3 is 2.56 bits per heavy atom. The van der Waals surface area contributed by atoms with E-state index in [1.54, 1.807) is 7.11 Å². The molecule has 0 fully saturated rings. The number of amides is 1. The molecular weight excluding hydrogens is 332 g/mol. The maximum absolute atomic E-state index is 12.5. The van der Waals surface area contributed by atoms with Crippen LogP contribution in [0.4, 0.5) is 5.69 Å². The molecule has 1 amide bonds. The molecule has 1 heterocycles. The lowest BCUT2D eigenvalue weighted by Gasteiger charge is -2.12. The van der Waals surface area contributed by atoms with Crippen molar-refractivity contribution in [1.29, 1.82) is 0 Å². The Morgan fingerprint density at radius 2 is 1.92 bits per heavy atom. The summed E-state index contributed by atoms with van der Waals surface area (Å²) >= 11 is 1.41. The summed E-state index contributed by atoms with van der Waals surface area (Å²) in [6, 6.07) is 15.9. The van der Waals surface area contributed by atoms with Gasteiger partial charge in [0.1, 0.15) is 10.6 Å². The zero-order chi connectivity index (χ0) is 17.8. The minimum Gasteiger partial charge on any atom is -0.496 e. The van der Waals surface area contributed by atoms with E-state index in [4.69, 9.17) is 4.74 Å². The summed E-state index contributed by atoms with van der Waals surface area (Å²) in [5, 5.41) is 3.86. The fraction of sp³-hybridized carbons (Fsp3) is 0.200. The van der Waals surface area contributed by atoms with E-state index in [-0.39, 0.29) is 5.91 Å². The third kappa shape index (κ3) is 4.06. The number of aromatic nitrogens is 1. The Balaban J connectivity index is 1.84. The fourth-order valence-corrected chi connectivity index (χ4v) is 3.56. The number of ether oxygens (including phenoxy) is 1. The van der Waals surface area contributed by atoms with E-state index >= 15 is 0 Å². The fourth-order valence-electron chi connectivity index (χ4n) is 2.74. The van der Waals surface area contributed by atoms with Crippen LogP contribution < -0.4 is 10.1 Å². The topological polar surface area (TPSA) is 51.2 Å². The zero-order valence-corrected chi connectivity index (χ0v) is 15.3. The molecule has 0 radical (unpaired) electrons. The Kier molecular flexibility index (Phi) is 5.14. The number of rotatable bonds is 5. The highest BCUT2D eigenvalue weighted by atomic mass is 32.1. The molecule has 0 unspecified atom stereocenters. The standard InChI is InChI=1S/C20H20N2O2S/c1-13-19(25-14(2)21-13)20(23)22-17-9-10-18(24-3)16(12-17)11-15-7-5-4-6-8-15/h4-10,12H,11H2,1-3H3,(H,22,23). The number of carbonyl (C=O) groups is 1. The Hall–Kier alpha value is -2.66. The van der Waals surface area contributed by atoms with Crippen molar-refractivity contribution in [3.05, 3.63) is 75.2 Å². The van der Waals surface area contributed by atoms with Crippen molar-refractivity contribution in [2.45, 2.75) is 20.3 Å². The van der Waals surface area contributed by atoms with Gasteiger partial charge < -0.3 is 10.1 Å². The van der Waals surface area contributed by atoms with Gasteiger partial charge in [-0.2, -0.15) is 0 Å². The van der Waals surface area contributed by atoms with Crippen molar-refractivity contribution < 1.29 is 9.53 Å². The molecule has 0 saturated carbocycles. The van der Waals surface area contributed by atoms with Gasteiger partial charge in [-0.1, -0.05) is 30.3 Å². The molecular formula is C20H20N2O2S. The molecule has 0 aliphatic carbocycles. The number of hydrogen-bond donors (Lipinski definition) is 1. The first-order valence-corrected chi connectivity index (χ1v) is 8.84. The van der Waals surface area contributed by atoms with Gasteiger partial charge >= 0.3 is 0 Å². The van der Waals surface area contributed by atoms with Crippen molar-refractivity contribution in [1.82, 2.24) is 4.98 Å². The second-order valence-electron chi connectivity index (χ2n) is 5.79. The lowest BCUT2D eigenvalue weighted by molar-refractivity contribution is 0.103. The average molecular weight is 352 g/mol. The number of aryl methyl sites for hydroxylation is 2. The zero-order valence-electron chi connectivity index (χ0n) is 14.5. The van der Waals surface area contributed by atoms with Gasteiger partial charge in [0, 0.05) is 17.7 Å². The predicted octanol–water partition coefficient (Wildman–Crippen LogP) is 4.61. The van der Waals surface area contributed by atoms with Crippen LogP contribution in [-0.2, 0) is 6.42 Å². The van der Waals surface area contributed by atoms with Crippen LogP contribution in [0.3, 0.4) is 0 Å². The van der Waals surface area contributed by atoms with Crippen LogP contribution in [0.15, 0.2) is 48.5 Å². The smallest absolute Gasteiger partial charge is 0.267 e. The summed E-state index contributed by atoms with van der Waals surface area (Å²) in [7, 11) is 1.66. The molecule has 4 nitrogen and oxygen atoms in total.